The Bertz CT molecular complexity index is 765. The number of carbonyl (C=O) groups is 3. The monoisotopic (exact) mass is 340 g/mol. The van der Waals surface area contributed by atoms with E-state index < -0.39 is 0 Å². The first-order chi connectivity index (χ1) is 12.1. The summed E-state index contributed by atoms with van der Waals surface area (Å²) in [6.45, 7) is 3.02. The second-order valence-electron chi connectivity index (χ2n) is 6.17. The van der Waals surface area contributed by atoms with Crippen LogP contribution in [0, 0.1) is 5.92 Å². The van der Waals surface area contributed by atoms with Gasteiger partial charge in [0.1, 0.15) is 0 Å². The number of nitrogens with zero attached hydrogens (tertiary/aromatic N) is 1. The maximum absolute atomic E-state index is 12.6. The van der Waals surface area contributed by atoms with Gasteiger partial charge in [0.05, 0.1) is 18.4 Å². The van der Waals surface area contributed by atoms with E-state index in [4.69, 9.17) is 4.42 Å². The van der Waals surface area contributed by atoms with Crippen LogP contribution < -0.4 is 5.32 Å². The molecule has 1 aliphatic rings. The fourth-order valence-electron chi connectivity index (χ4n) is 2.95. The number of furan rings is 1. The molecular formula is C19H20N2O4. The molecule has 0 aliphatic carbocycles. The highest BCUT2D eigenvalue weighted by atomic mass is 16.3. The Morgan fingerprint density at radius 1 is 1.20 bits per heavy atom. The quantitative estimate of drug-likeness (QED) is 0.817. The van der Waals surface area contributed by atoms with Gasteiger partial charge in [-0.2, -0.15) is 0 Å². The molecule has 1 N–H and O–H groups in total. The minimum absolute atomic E-state index is 0.0518. The summed E-state index contributed by atoms with van der Waals surface area (Å²) >= 11 is 0. The third kappa shape index (κ3) is 3.96. The van der Waals surface area contributed by atoms with Gasteiger partial charge in [-0.25, -0.2) is 0 Å². The summed E-state index contributed by atoms with van der Waals surface area (Å²) in [4.78, 5) is 37.3. The number of rotatable bonds is 6. The molecule has 0 spiro atoms. The molecular weight excluding hydrogens is 320 g/mol. The fraction of sp³-hybridized carbons (Fsp3) is 0.316. The first-order valence-corrected chi connectivity index (χ1v) is 8.29. The Morgan fingerprint density at radius 2 is 1.96 bits per heavy atom. The highest BCUT2D eigenvalue weighted by Gasteiger charge is 2.30. The zero-order valence-corrected chi connectivity index (χ0v) is 14.0. The van der Waals surface area contributed by atoms with Gasteiger partial charge >= 0.3 is 0 Å². The normalized spacial score (nSPS) is 16.8. The van der Waals surface area contributed by atoms with Crippen molar-refractivity contribution in [3.8, 4) is 0 Å². The number of nitrogens with one attached hydrogen (secondary N) is 1. The first-order valence-electron chi connectivity index (χ1n) is 8.29. The second-order valence-corrected chi connectivity index (χ2v) is 6.17. The Labute approximate surface area is 145 Å². The molecule has 1 aliphatic heterocycles. The molecule has 0 bridgehead atoms. The highest BCUT2D eigenvalue weighted by molar-refractivity contribution is 6.03. The molecule has 3 amide bonds. The van der Waals surface area contributed by atoms with Gasteiger partial charge in [-0.1, -0.05) is 12.1 Å². The summed E-state index contributed by atoms with van der Waals surface area (Å²) in [6, 6.07) is 9.06. The molecule has 2 aromatic rings. The number of carbonyl (C=O) groups excluding carboxylic acids is 3. The van der Waals surface area contributed by atoms with Gasteiger partial charge in [0, 0.05) is 30.6 Å². The molecule has 1 saturated heterocycles. The SMILES string of the molecule is CCN(Cc1ccoc1)C(=O)c1ccc(C[C@H]2CC(=O)NC2=O)cc1. The number of amides is 3. The van der Waals surface area contributed by atoms with Gasteiger partial charge in [-0.15, -0.1) is 0 Å². The Kier molecular flexibility index (Phi) is 4.97. The molecule has 6 nitrogen and oxygen atoms in total. The van der Waals surface area contributed by atoms with Crippen molar-refractivity contribution in [1.29, 1.82) is 0 Å². The molecule has 1 aromatic heterocycles. The molecule has 25 heavy (non-hydrogen) atoms. The fourth-order valence-corrected chi connectivity index (χ4v) is 2.95. The molecule has 0 saturated carbocycles. The standard InChI is InChI=1S/C19H20N2O4/c1-2-21(11-14-7-8-25-12-14)19(24)15-5-3-13(4-6-15)9-16-10-17(22)20-18(16)23/h3-8,12,16H,2,9-11H2,1H3,(H,20,22,23)/t16-/m0/s1. The van der Waals surface area contributed by atoms with Crippen LogP contribution in [0.15, 0.2) is 47.3 Å². The number of hydrogen-bond donors (Lipinski definition) is 1. The van der Waals surface area contributed by atoms with Gasteiger partial charge in [0.2, 0.25) is 11.8 Å². The van der Waals surface area contributed by atoms with Gasteiger partial charge in [0.15, 0.2) is 0 Å². The van der Waals surface area contributed by atoms with Gasteiger partial charge in [-0.05, 0) is 37.1 Å². The number of benzene rings is 1. The van der Waals surface area contributed by atoms with E-state index >= 15 is 0 Å². The van der Waals surface area contributed by atoms with Crippen LogP contribution in [0.3, 0.4) is 0 Å². The lowest BCUT2D eigenvalue weighted by Gasteiger charge is -2.20. The maximum atomic E-state index is 12.6. The van der Waals surface area contributed by atoms with Crippen molar-refractivity contribution in [1.82, 2.24) is 10.2 Å². The van der Waals surface area contributed by atoms with E-state index in [1.165, 1.54) is 0 Å². The van der Waals surface area contributed by atoms with Crippen LogP contribution in [0.25, 0.3) is 0 Å². The first kappa shape index (κ1) is 17.0. The van der Waals surface area contributed by atoms with Crippen molar-refractivity contribution >= 4 is 17.7 Å². The summed E-state index contributed by atoms with van der Waals surface area (Å²) in [7, 11) is 0. The molecule has 6 heteroatoms. The lowest BCUT2D eigenvalue weighted by molar-refractivity contribution is -0.125. The third-order valence-electron chi connectivity index (χ3n) is 4.37. The van der Waals surface area contributed by atoms with Crippen LogP contribution in [0.1, 0.15) is 34.8 Å². The predicted octanol–water partition coefficient (Wildman–Crippen LogP) is 2.15. The van der Waals surface area contributed by atoms with E-state index in [1.54, 1.807) is 29.6 Å². The van der Waals surface area contributed by atoms with E-state index in [9.17, 15) is 14.4 Å². The molecule has 1 aromatic carbocycles. The summed E-state index contributed by atoms with van der Waals surface area (Å²) < 4.78 is 5.05. The van der Waals surface area contributed by atoms with E-state index in [2.05, 4.69) is 5.32 Å². The summed E-state index contributed by atoms with van der Waals surface area (Å²) in [5, 5.41) is 2.31. The zero-order valence-electron chi connectivity index (χ0n) is 14.0. The molecule has 1 atom stereocenters. The van der Waals surface area contributed by atoms with E-state index in [0.29, 0.717) is 25.1 Å². The smallest absolute Gasteiger partial charge is 0.254 e. The van der Waals surface area contributed by atoms with E-state index in [0.717, 1.165) is 11.1 Å². The summed E-state index contributed by atoms with van der Waals surface area (Å²) in [6.07, 6.45) is 3.95. The van der Waals surface area contributed by atoms with Gasteiger partial charge in [-0.3, -0.25) is 19.7 Å². The average Bonchev–Trinajstić information content (AvgIpc) is 3.22. The molecule has 3 rings (SSSR count). The van der Waals surface area contributed by atoms with Crippen molar-refractivity contribution in [2.45, 2.75) is 26.3 Å². The topological polar surface area (TPSA) is 79.6 Å². The van der Waals surface area contributed by atoms with Crippen LogP contribution in [-0.4, -0.2) is 29.2 Å². The lowest BCUT2D eigenvalue weighted by atomic mass is 9.97. The van der Waals surface area contributed by atoms with Crippen LogP contribution in [0.4, 0.5) is 0 Å². The predicted molar refractivity (Wildman–Crippen MR) is 90.5 cm³/mol. The summed E-state index contributed by atoms with van der Waals surface area (Å²) in [5.74, 6) is -0.812. The minimum Gasteiger partial charge on any atom is -0.472 e. The van der Waals surface area contributed by atoms with Crippen LogP contribution in [0.5, 0.6) is 0 Å². The van der Waals surface area contributed by atoms with Crippen molar-refractivity contribution in [2.24, 2.45) is 5.92 Å². The van der Waals surface area contributed by atoms with Gasteiger partial charge < -0.3 is 9.32 Å². The largest absolute Gasteiger partial charge is 0.472 e. The second kappa shape index (κ2) is 7.34. The Balaban J connectivity index is 1.65. The van der Waals surface area contributed by atoms with Crippen molar-refractivity contribution < 1.29 is 18.8 Å². The third-order valence-corrected chi connectivity index (χ3v) is 4.37. The average molecular weight is 340 g/mol. The molecule has 0 unspecified atom stereocenters. The number of hydrogen-bond acceptors (Lipinski definition) is 4. The van der Waals surface area contributed by atoms with Crippen LogP contribution in [0.2, 0.25) is 0 Å². The van der Waals surface area contributed by atoms with E-state index in [-0.39, 0.29) is 30.1 Å². The van der Waals surface area contributed by atoms with Crippen molar-refractivity contribution in [3.05, 3.63) is 59.5 Å². The maximum Gasteiger partial charge on any atom is 0.254 e. The molecule has 130 valence electrons. The highest BCUT2D eigenvalue weighted by Crippen LogP contribution is 2.18. The van der Waals surface area contributed by atoms with Gasteiger partial charge in [0.25, 0.3) is 5.91 Å². The Morgan fingerprint density at radius 3 is 2.52 bits per heavy atom. The van der Waals surface area contributed by atoms with Crippen LogP contribution in [-0.2, 0) is 22.6 Å². The molecule has 2 heterocycles. The lowest BCUT2D eigenvalue weighted by Crippen LogP contribution is -2.30. The minimum atomic E-state index is -0.317. The van der Waals surface area contributed by atoms with E-state index in [1.807, 2.05) is 25.1 Å². The number of imide groups is 1. The Hall–Kier alpha value is -2.89. The summed E-state index contributed by atoms with van der Waals surface area (Å²) in [5.41, 5.74) is 2.48. The molecule has 0 radical (unpaired) electrons. The molecule has 1 fully saturated rings. The zero-order chi connectivity index (χ0) is 17.8. The van der Waals surface area contributed by atoms with Crippen molar-refractivity contribution in [2.75, 3.05) is 6.54 Å². The van der Waals surface area contributed by atoms with Crippen LogP contribution >= 0.6 is 0 Å². The van der Waals surface area contributed by atoms with Crippen molar-refractivity contribution in [3.63, 3.8) is 0 Å².